The van der Waals surface area contributed by atoms with E-state index >= 15 is 0 Å². The quantitative estimate of drug-likeness (QED) is 0.559. The molecule has 0 saturated carbocycles. The van der Waals surface area contributed by atoms with Crippen LogP contribution in [0.25, 0.3) is 22.4 Å². The van der Waals surface area contributed by atoms with E-state index in [1.54, 1.807) is 6.20 Å². The van der Waals surface area contributed by atoms with Gasteiger partial charge in [-0.25, -0.2) is 9.97 Å². The molecule has 1 atom stereocenters. The van der Waals surface area contributed by atoms with Gasteiger partial charge in [-0.15, -0.1) is 0 Å². The molecule has 1 unspecified atom stereocenters. The predicted octanol–water partition coefficient (Wildman–Crippen LogP) is 1.89. The third-order valence-electron chi connectivity index (χ3n) is 6.13. The lowest BCUT2D eigenvalue weighted by molar-refractivity contribution is 0.0880. The van der Waals surface area contributed by atoms with E-state index in [0.717, 1.165) is 36.2 Å². The predicted molar refractivity (Wildman–Crippen MR) is 126 cm³/mol. The number of amides is 1. The molecule has 9 heteroatoms. The Hall–Kier alpha value is -3.30. The summed E-state index contributed by atoms with van der Waals surface area (Å²) >= 11 is 0. The highest BCUT2D eigenvalue weighted by Crippen LogP contribution is 2.37. The number of hydrogen-bond donors (Lipinski definition) is 3. The van der Waals surface area contributed by atoms with Gasteiger partial charge in [-0.1, -0.05) is 32.0 Å². The number of aromatic nitrogens is 4. The van der Waals surface area contributed by atoms with Crippen molar-refractivity contribution >= 4 is 11.7 Å². The number of fused-ring (bicyclic) bond motifs is 1. The van der Waals surface area contributed by atoms with Gasteiger partial charge in [0.15, 0.2) is 11.5 Å². The van der Waals surface area contributed by atoms with E-state index in [-0.39, 0.29) is 28.9 Å². The van der Waals surface area contributed by atoms with E-state index in [1.807, 2.05) is 18.3 Å². The van der Waals surface area contributed by atoms with Crippen LogP contribution in [0.3, 0.4) is 0 Å². The Kier molecular flexibility index (Phi) is 5.59. The number of anilines is 1. The van der Waals surface area contributed by atoms with Gasteiger partial charge in [-0.05, 0) is 23.5 Å². The molecule has 4 N–H and O–H groups in total. The molecular weight excluding hydrogens is 418 g/mol. The summed E-state index contributed by atoms with van der Waals surface area (Å²) in [5.74, 6) is -0.251. The van der Waals surface area contributed by atoms with Gasteiger partial charge in [0.1, 0.15) is 0 Å². The van der Waals surface area contributed by atoms with Crippen LogP contribution in [0, 0.1) is 5.41 Å². The van der Waals surface area contributed by atoms with Gasteiger partial charge in [0.25, 0.3) is 5.91 Å². The van der Waals surface area contributed by atoms with E-state index in [4.69, 9.17) is 10.5 Å². The molecule has 33 heavy (non-hydrogen) atoms. The zero-order chi connectivity index (χ0) is 23.0. The van der Waals surface area contributed by atoms with Gasteiger partial charge in [0.2, 0.25) is 0 Å². The third kappa shape index (κ3) is 4.46. The van der Waals surface area contributed by atoms with Gasteiger partial charge < -0.3 is 21.1 Å². The van der Waals surface area contributed by atoms with Crippen LogP contribution in [-0.2, 0) is 17.7 Å². The number of nitrogens with two attached hydrogens (primary N) is 1. The van der Waals surface area contributed by atoms with E-state index in [2.05, 4.69) is 56.4 Å². The second-order valence-electron chi connectivity index (χ2n) is 9.52. The summed E-state index contributed by atoms with van der Waals surface area (Å²) in [6.07, 6.45) is 4.52. The topological polar surface area (TPSA) is 120 Å². The molecule has 2 aliphatic heterocycles. The fourth-order valence-corrected chi connectivity index (χ4v) is 4.49. The Labute approximate surface area is 192 Å². The van der Waals surface area contributed by atoms with Crippen molar-refractivity contribution in [1.82, 2.24) is 30.4 Å². The number of carbonyl (C=O) groups is 1. The van der Waals surface area contributed by atoms with E-state index in [0.29, 0.717) is 25.5 Å². The van der Waals surface area contributed by atoms with Crippen LogP contribution in [0.5, 0.6) is 0 Å². The second-order valence-corrected chi connectivity index (χ2v) is 9.52. The summed E-state index contributed by atoms with van der Waals surface area (Å²) in [6, 6.07) is 7.93. The van der Waals surface area contributed by atoms with E-state index in [1.165, 1.54) is 5.69 Å². The van der Waals surface area contributed by atoms with Crippen molar-refractivity contribution < 1.29 is 9.53 Å². The molecular formula is C24H29N7O2. The standard InChI is InChI=1S/C24H29N7O2/c1-24(2)9-20-18(11-28-31(20)14-24)15-4-3-5-16(8-15)19-12-27-22(25)21(30-19)23(32)29-17-10-26-6-7-33-13-17/h3-5,8,11-12,17,26H,6-7,9-10,13-14H2,1-2H3,(H2,25,27)(H,29,32). The van der Waals surface area contributed by atoms with Crippen molar-refractivity contribution in [3.63, 3.8) is 0 Å². The van der Waals surface area contributed by atoms with Crippen molar-refractivity contribution in [3.05, 3.63) is 48.0 Å². The molecule has 3 aromatic rings. The molecule has 2 aliphatic rings. The number of carbonyl (C=O) groups excluding carboxylic acids is 1. The minimum Gasteiger partial charge on any atom is -0.382 e. The average Bonchev–Trinajstić information content (AvgIpc) is 3.17. The van der Waals surface area contributed by atoms with E-state index < -0.39 is 0 Å². The van der Waals surface area contributed by atoms with Crippen LogP contribution >= 0.6 is 0 Å². The van der Waals surface area contributed by atoms with E-state index in [9.17, 15) is 4.79 Å². The van der Waals surface area contributed by atoms with Gasteiger partial charge in [-0.2, -0.15) is 5.10 Å². The van der Waals surface area contributed by atoms with Gasteiger partial charge in [-0.3, -0.25) is 9.48 Å². The molecule has 0 bridgehead atoms. The van der Waals surface area contributed by atoms with Gasteiger partial charge in [0.05, 0.1) is 37.3 Å². The highest BCUT2D eigenvalue weighted by molar-refractivity contribution is 5.97. The zero-order valence-electron chi connectivity index (χ0n) is 19.0. The SMILES string of the molecule is CC1(C)Cc2c(-c3cccc(-c4cnc(N)c(C(=O)NC5CNCCOC5)n4)c3)cnn2C1. The second kappa shape index (κ2) is 8.57. The molecule has 1 amide bonds. The normalized spacial score (nSPS) is 19.6. The molecule has 5 rings (SSSR count). The van der Waals surface area contributed by atoms with Crippen LogP contribution in [-0.4, -0.2) is 58.0 Å². The Morgan fingerprint density at radius 3 is 3.03 bits per heavy atom. The first-order valence-electron chi connectivity index (χ1n) is 11.3. The summed E-state index contributed by atoms with van der Waals surface area (Å²) in [5.41, 5.74) is 11.2. The molecule has 1 aromatic carbocycles. The van der Waals surface area contributed by atoms with Crippen LogP contribution in [0.1, 0.15) is 30.0 Å². The fourth-order valence-electron chi connectivity index (χ4n) is 4.49. The molecule has 0 spiro atoms. The van der Waals surface area contributed by atoms with Crippen molar-refractivity contribution in [3.8, 4) is 22.4 Å². The first-order chi connectivity index (χ1) is 15.9. The number of rotatable bonds is 4. The molecule has 1 fully saturated rings. The van der Waals surface area contributed by atoms with Crippen LogP contribution in [0.2, 0.25) is 0 Å². The Balaban J connectivity index is 1.41. The Morgan fingerprint density at radius 1 is 1.30 bits per heavy atom. The lowest BCUT2D eigenvalue weighted by Gasteiger charge is -2.16. The van der Waals surface area contributed by atoms with Crippen molar-refractivity contribution in [1.29, 1.82) is 0 Å². The summed E-state index contributed by atoms with van der Waals surface area (Å²) in [4.78, 5) is 21.7. The highest BCUT2D eigenvalue weighted by atomic mass is 16.5. The summed E-state index contributed by atoms with van der Waals surface area (Å²) in [6.45, 7) is 7.90. The molecule has 0 aliphatic carbocycles. The number of ether oxygens (including phenoxy) is 1. The van der Waals surface area contributed by atoms with Gasteiger partial charge >= 0.3 is 0 Å². The molecule has 2 aromatic heterocycles. The van der Waals surface area contributed by atoms with Crippen LogP contribution < -0.4 is 16.4 Å². The minimum absolute atomic E-state index is 0.103. The summed E-state index contributed by atoms with van der Waals surface area (Å²) < 4.78 is 7.61. The Morgan fingerprint density at radius 2 is 2.15 bits per heavy atom. The Bertz CT molecular complexity index is 1180. The third-order valence-corrected chi connectivity index (χ3v) is 6.13. The smallest absolute Gasteiger partial charge is 0.274 e. The lowest BCUT2D eigenvalue weighted by atomic mass is 9.89. The zero-order valence-corrected chi connectivity index (χ0v) is 19.0. The number of benzene rings is 1. The van der Waals surface area contributed by atoms with Gasteiger partial charge in [0, 0.05) is 36.5 Å². The summed E-state index contributed by atoms with van der Waals surface area (Å²) in [7, 11) is 0. The number of hydrogen-bond acceptors (Lipinski definition) is 7. The molecule has 172 valence electrons. The minimum atomic E-state index is -0.355. The molecule has 9 nitrogen and oxygen atoms in total. The molecule has 1 saturated heterocycles. The van der Waals surface area contributed by atoms with Crippen molar-refractivity contribution in [2.45, 2.75) is 32.9 Å². The maximum Gasteiger partial charge on any atom is 0.274 e. The highest BCUT2D eigenvalue weighted by Gasteiger charge is 2.31. The maximum absolute atomic E-state index is 12.9. The summed E-state index contributed by atoms with van der Waals surface area (Å²) in [5, 5.41) is 10.8. The number of nitrogen functional groups attached to an aromatic ring is 1. The molecule has 0 radical (unpaired) electrons. The van der Waals surface area contributed by atoms with Crippen molar-refractivity contribution in [2.24, 2.45) is 5.41 Å². The average molecular weight is 448 g/mol. The maximum atomic E-state index is 12.9. The molecule has 4 heterocycles. The number of nitrogens with one attached hydrogen (secondary N) is 2. The first-order valence-corrected chi connectivity index (χ1v) is 11.3. The van der Waals surface area contributed by atoms with Crippen LogP contribution in [0.15, 0.2) is 36.7 Å². The lowest BCUT2D eigenvalue weighted by Crippen LogP contribution is -2.43. The largest absolute Gasteiger partial charge is 0.382 e. The van der Waals surface area contributed by atoms with Crippen molar-refractivity contribution in [2.75, 3.05) is 32.0 Å². The number of nitrogens with zero attached hydrogens (tertiary/aromatic N) is 4. The fraction of sp³-hybridized carbons (Fsp3) is 0.417. The monoisotopic (exact) mass is 447 g/mol. The van der Waals surface area contributed by atoms with Crippen LogP contribution in [0.4, 0.5) is 5.82 Å². The first kappa shape index (κ1) is 21.5.